The summed E-state index contributed by atoms with van der Waals surface area (Å²) < 4.78 is 11.6. The van der Waals surface area contributed by atoms with Crippen LogP contribution >= 0.6 is 11.6 Å². The van der Waals surface area contributed by atoms with Crippen molar-refractivity contribution in [3.8, 4) is 5.75 Å². The van der Waals surface area contributed by atoms with Crippen molar-refractivity contribution in [3.63, 3.8) is 0 Å². The molecule has 0 spiro atoms. The Bertz CT molecular complexity index is 1090. The minimum Gasteiger partial charge on any atom is -0.476 e. The van der Waals surface area contributed by atoms with Crippen LogP contribution < -0.4 is 4.74 Å². The lowest BCUT2D eigenvalue weighted by Crippen LogP contribution is -2.62. The van der Waals surface area contributed by atoms with Crippen molar-refractivity contribution in [3.05, 3.63) is 29.3 Å². The molecule has 2 N–H and O–H groups in total. The topological polar surface area (TPSA) is 76.0 Å². The maximum atomic E-state index is 12.8. The van der Waals surface area contributed by atoms with Gasteiger partial charge in [-0.3, -0.25) is 0 Å². The molecule has 1 aromatic carbocycles. The largest absolute Gasteiger partial charge is 0.476 e. The van der Waals surface area contributed by atoms with Crippen LogP contribution in [0.2, 0.25) is 5.02 Å². The Kier molecular flexibility index (Phi) is 9.36. The van der Waals surface area contributed by atoms with E-state index in [1.807, 2.05) is 0 Å². The van der Waals surface area contributed by atoms with Gasteiger partial charge in [-0.05, 0) is 148 Å². The van der Waals surface area contributed by atoms with Gasteiger partial charge in [0.15, 0.2) is 5.60 Å². The summed E-state index contributed by atoms with van der Waals surface area (Å²) in [6.45, 7) is 13.6. The lowest BCUT2D eigenvalue weighted by molar-refractivity contribution is -0.203. The molecule has 0 aliphatic heterocycles. The average Bonchev–Trinajstić information content (AvgIpc) is 3.30. The van der Waals surface area contributed by atoms with Crippen LogP contribution in [0.1, 0.15) is 106 Å². The van der Waals surface area contributed by atoms with Crippen molar-refractivity contribution >= 4 is 17.6 Å². The van der Waals surface area contributed by atoms with Crippen LogP contribution in [0.3, 0.4) is 0 Å². The molecule has 4 saturated carbocycles. The van der Waals surface area contributed by atoms with Gasteiger partial charge in [0, 0.05) is 5.02 Å². The number of hydrogen-bond donors (Lipinski definition) is 2. The molecule has 0 saturated heterocycles. The first-order valence-corrected chi connectivity index (χ1v) is 17.2. The number of carbonyl (C=O) groups is 1. The van der Waals surface area contributed by atoms with Crippen LogP contribution in [0, 0.1) is 52.3 Å². The molecule has 4 fully saturated rings. The highest BCUT2D eigenvalue weighted by Crippen LogP contribution is 2.69. The predicted octanol–water partition coefficient (Wildman–Crippen LogP) is 8.08. The van der Waals surface area contributed by atoms with E-state index in [1.54, 1.807) is 38.1 Å². The Morgan fingerprint density at radius 3 is 2.38 bits per heavy atom. The molecule has 11 atom stereocenters. The second-order valence-corrected chi connectivity index (χ2v) is 15.9. The van der Waals surface area contributed by atoms with Crippen LogP contribution in [0.4, 0.5) is 0 Å². The van der Waals surface area contributed by atoms with Crippen molar-refractivity contribution in [2.24, 2.45) is 52.3 Å². The molecule has 3 unspecified atom stereocenters. The lowest BCUT2D eigenvalue weighted by atomic mass is 9.41. The molecule has 5 rings (SSSR count). The van der Waals surface area contributed by atoms with Gasteiger partial charge in [0.25, 0.3) is 0 Å². The SMILES string of the molecule is CC[C@@H]1[C@H](O)C2C3CC[C@H]([C@H](C)CCCOC(=O)C(C)(C)Oc4ccc(Cl)cc4)[C@@]3(C)CCC2[C@@]2(C)CC[C@@H](O)C[C@@H]12. The number of esters is 1. The normalized spacial score (nSPS) is 40.4. The number of ether oxygens (including phenoxy) is 2. The van der Waals surface area contributed by atoms with E-state index < -0.39 is 5.60 Å². The number of fused-ring (bicyclic) bond motifs is 5. The Morgan fingerprint density at radius 2 is 1.69 bits per heavy atom. The van der Waals surface area contributed by atoms with E-state index in [-0.39, 0.29) is 29.0 Å². The maximum Gasteiger partial charge on any atom is 0.349 e. The van der Waals surface area contributed by atoms with Crippen LogP contribution in [-0.2, 0) is 9.53 Å². The Morgan fingerprint density at radius 1 is 1.02 bits per heavy atom. The molecule has 4 aliphatic carbocycles. The van der Waals surface area contributed by atoms with Crippen molar-refractivity contribution in [1.82, 2.24) is 0 Å². The van der Waals surface area contributed by atoms with Gasteiger partial charge in [0.2, 0.25) is 0 Å². The number of rotatable bonds is 9. The number of halogens is 1. The Balaban J connectivity index is 1.18. The van der Waals surface area contributed by atoms with E-state index in [0.29, 0.717) is 58.8 Å². The molecule has 0 radical (unpaired) electrons. The third-order valence-corrected chi connectivity index (χ3v) is 13.1. The van der Waals surface area contributed by atoms with Crippen molar-refractivity contribution in [2.45, 2.75) is 124 Å². The summed E-state index contributed by atoms with van der Waals surface area (Å²) >= 11 is 5.97. The van der Waals surface area contributed by atoms with Gasteiger partial charge in [0.05, 0.1) is 18.8 Å². The van der Waals surface area contributed by atoms with Crippen LogP contribution in [0.15, 0.2) is 24.3 Å². The smallest absolute Gasteiger partial charge is 0.349 e. The zero-order valence-electron chi connectivity index (χ0n) is 26.8. The third-order valence-electron chi connectivity index (χ3n) is 12.9. The molecular formula is C36H55ClO5. The van der Waals surface area contributed by atoms with Gasteiger partial charge < -0.3 is 19.7 Å². The molecule has 0 bridgehead atoms. The van der Waals surface area contributed by atoms with Gasteiger partial charge in [-0.1, -0.05) is 45.7 Å². The van der Waals surface area contributed by atoms with E-state index in [9.17, 15) is 15.0 Å². The fourth-order valence-corrected chi connectivity index (χ4v) is 10.8. The number of hydrogen-bond acceptors (Lipinski definition) is 5. The summed E-state index contributed by atoms with van der Waals surface area (Å²) in [5.41, 5.74) is -0.584. The molecule has 6 heteroatoms. The number of benzene rings is 1. The van der Waals surface area contributed by atoms with Crippen LogP contribution in [0.5, 0.6) is 5.75 Å². The summed E-state index contributed by atoms with van der Waals surface area (Å²) in [6.07, 6.45) is 10.2. The lowest BCUT2D eigenvalue weighted by Gasteiger charge is -2.64. The third kappa shape index (κ3) is 5.76. The molecule has 42 heavy (non-hydrogen) atoms. The van der Waals surface area contributed by atoms with Crippen LogP contribution in [-0.4, -0.2) is 40.6 Å². The Labute approximate surface area is 259 Å². The molecule has 4 aliphatic rings. The molecule has 0 aromatic heterocycles. The molecule has 1 aromatic rings. The van der Waals surface area contributed by atoms with Gasteiger partial charge in [0.1, 0.15) is 5.75 Å². The average molecular weight is 603 g/mol. The molecular weight excluding hydrogens is 548 g/mol. The van der Waals surface area contributed by atoms with E-state index in [2.05, 4.69) is 27.7 Å². The number of aliphatic hydroxyl groups excluding tert-OH is 2. The van der Waals surface area contributed by atoms with Gasteiger partial charge >= 0.3 is 5.97 Å². The van der Waals surface area contributed by atoms with Gasteiger partial charge in [-0.25, -0.2) is 4.79 Å². The summed E-state index contributed by atoms with van der Waals surface area (Å²) in [7, 11) is 0. The summed E-state index contributed by atoms with van der Waals surface area (Å²) in [4.78, 5) is 12.8. The fraction of sp³-hybridized carbons (Fsp3) is 0.806. The standard InChI is InChI=1S/C36H55ClO5/c1-7-26-30-21-24(38)16-18-36(30,6)29-17-19-35(5)27(14-15-28(35)31(29)32(26)39)22(2)9-8-20-41-33(40)34(3,4)42-25-12-10-23(37)11-13-25/h10-13,22,24,26-32,38-39H,7-9,14-21H2,1-6H3/t22-,24-,26+,27-,28?,29?,30+,31?,32+,35-,36-/m1/s1. The quantitative estimate of drug-likeness (QED) is 0.221. The highest BCUT2D eigenvalue weighted by Gasteiger charge is 2.64. The predicted molar refractivity (Wildman–Crippen MR) is 167 cm³/mol. The van der Waals surface area contributed by atoms with Crippen molar-refractivity contribution in [2.75, 3.05) is 6.61 Å². The Hall–Kier alpha value is -1.30. The van der Waals surface area contributed by atoms with Crippen molar-refractivity contribution in [1.29, 1.82) is 0 Å². The number of carbonyl (C=O) groups excluding carboxylic acids is 1. The summed E-state index contributed by atoms with van der Waals surface area (Å²) in [5.74, 6) is 3.67. The maximum absolute atomic E-state index is 12.8. The fourth-order valence-electron chi connectivity index (χ4n) is 10.7. The number of aliphatic hydroxyl groups is 2. The monoisotopic (exact) mass is 602 g/mol. The summed E-state index contributed by atoms with van der Waals surface area (Å²) in [6, 6.07) is 7.01. The van der Waals surface area contributed by atoms with E-state index in [0.717, 1.165) is 38.5 Å². The molecule has 0 heterocycles. The highest BCUT2D eigenvalue weighted by molar-refractivity contribution is 6.30. The second-order valence-electron chi connectivity index (χ2n) is 15.4. The first-order chi connectivity index (χ1) is 19.8. The highest BCUT2D eigenvalue weighted by atomic mass is 35.5. The first kappa shape index (κ1) is 32.1. The first-order valence-electron chi connectivity index (χ1n) is 16.8. The minimum absolute atomic E-state index is 0.201. The van der Waals surface area contributed by atoms with Gasteiger partial charge in [-0.15, -0.1) is 0 Å². The molecule has 0 amide bonds. The molecule has 236 valence electrons. The minimum atomic E-state index is -1.08. The zero-order valence-corrected chi connectivity index (χ0v) is 27.5. The van der Waals surface area contributed by atoms with E-state index in [1.165, 1.54) is 25.7 Å². The van der Waals surface area contributed by atoms with Gasteiger partial charge in [-0.2, -0.15) is 0 Å². The van der Waals surface area contributed by atoms with Crippen molar-refractivity contribution < 1.29 is 24.5 Å². The van der Waals surface area contributed by atoms with E-state index in [4.69, 9.17) is 21.1 Å². The second kappa shape index (κ2) is 12.2. The zero-order chi connectivity index (χ0) is 30.4. The van der Waals surface area contributed by atoms with Crippen LogP contribution in [0.25, 0.3) is 0 Å². The summed E-state index contributed by atoms with van der Waals surface area (Å²) in [5, 5.41) is 23.1. The molecule has 5 nitrogen and oxygen atoms in total. The van der Waals surface area contributed by atoms with E-state index >= 15 is 0 Å².